The van der Waals surface area contributed by atoms with Gasteiger partial charge in [0.1, 0.15) is 17.1 Å². The maximum atomic E-state index is 13.0. The van der Waals surface area contributed by atoms with E-state index in [9.17, 15) is 30.7 Å². The van der Waals surface area contributed by atoms with Crippen LogP contribution in [0.5, 0.6) is 5.75 Å². The van der Waals surface area contributed by atoms with Gasteiger partial charge in [0.25, 0.3) is 0 Å². The van der Waals surface area contributed by atoms with Crippen molar-refractivity contribution in [2.24, 2.45) is 0 Å². The molecule has 96 valence electrons. The maximum absolute atomic E-state index is 13.0. The molecule has 1 nitrogen and oxygen atoms in total. The summed E-state index contributed by atoms with van der Waals surface area (Å²) in [5, 5.41) is 0. The fraction of sp³-hybridized carbons (Fsp3) is 0.250. The molecule has 0 spiro atoms. The quantitative estimate of drug-likeness (QED) is 0.690. The molecule has 0 aromatic heterocycles. The van der Waals surface area contributed by atoms with E-state index in [1.807, 2.05) is 0 Å². The molecular weight excluding hydrogens is 325 g/mol. The Kier molecular flexibility index (Phi) is 3.60. The number of ether oxygens (including phenoxy) is 1. The third-order valence-electron chi connectivity index (χ3n) is 1.53. The Hall–Kier alpha value is -0.990. The summed E-state index contributed by atoms with van der Waals surface area (Å²) in [6, 6.07) is 0.403. The van der Waals surface area contributed by atoms with Gasteiger partial charge in [-0.25, -0.2) is 4.39 Å². The molecule has 0 fully saturated rings. The van der Waals surface area contributed by atoms with Crippen LogP contribution in [-0.2, 0) is 6.18 Å². The summed E-state index contributed by atoms with van der Waals surface area (Å²) >= 11 is 2.33. The van der Waals surface area contributed by atoms with E-state index in [2.05, 4.69) is 20.7 Å². The molecule has 0 radical (unpaired) electrons. The van der Waals surface area contributed by atoms with Crippen LogP contribution in [0.15, 0.2) is 16.6 Å². The zero-order valence-corrected chi connectivity index (χ0v) is 9.17. The Balaban J connectivity index is 3.19. The van der Waals surface area contributed by atoms with Crippen LogP contribution in [0.25, 0.3) is 0 Å². The van der Waals surface area contributed by atoms with Gasteiger partial charge in [-0.05, 0) is 22.0 Å². The van der Waals surface area contributed by atoms with Gasteiger partial charge in [0.05, 0.1) is 0 Å². The van der Waals surface area contributed by atoms with E-state index in [0.717, 1.165) is 0 Å². The third kappa shape index (κ3) is 3.76. The van der Waals surface area contributed by atoms with E-state index in [1.165, 1.54) is 0 Å². The molecule has 0 saturated heterocycles. The number of rotatable bonds is 1. The van der Waals surface area contributed by atoms with Gasteiger partial charge in [-0.3, -0.25) is 0 Å². The molecule has 0 heterocycles. The third-order valence-corrected chi connectivity index (χ3v) is 2.16. The van der Waals surface area contributed by atoms with Crippen LogP contribution in [0.2, 0.25) is 0 Å². The lowest BCUT2D eigenvalue weighted by molar-refractivity contribution is -0.274. The van der Waals surface area contributed by atoms with Gasteiger partial charge in [-0.2, -0.15) is 13.2 Å². The average molecular weight is 327 g/mol. The molecule has 0 aliphatic heterocycles. The number of benzene rings is 1. The molecule has 0 atom stereocenters. The summed E-state index contributed by atoms with van der Waals surface area (Å²) in [6.07, 6.45) is -10.1. The van der Waals surface area contributed by atoms with E-state index >= 15 is 0 Å². The van der Waals surface area contributed by atoms with Crippen molar-refractivity contribution in [2.45, 2.75) is 12.5 Å². The summed E-state index contributed by atoms with van der Waals surface area (Å²) in [4.78, 5) is 0. The van der Waals surface area contributed by atoms with Gasteiger partial charge >= 0.3 is 12.5 Å². The summed E-state index contributed by atoms with van der Waals surface area (Å²) in [5.74, 6) is -2.93. The van der Waals surface area contributed by atoms with E-state index < -0.39 is 34.1 Å². The van der Waals surface area contributed by atoms with Gasteiger partial charge < -0.3 is 4.74 Å². The normalized spacial score (nSPS) is 12.7. The number of alkyl halides is 6. The van der Waals surface area contributed by atoms with Crippen LogP contribution in [0.3, 0.4) is 0 Å². The zero-order valence-electron chi connectivity index (χ0n) is 7.59. The molecule has 1 rings (SSSR count). The minimum atomic E-state index is -5.11. The molecule has 0 N–H and O–H groups in total. The predicted molar refractivity (Wildman–Crippen MR) is 45.8 cm³/mol. The van der Waals surface area contributed by atoms with Gasteiger partial charge in [0.2, 0.25) is 0 Å². The van der Waals surface area contributed by atoms with Gasteiger partial charge in [-0.15, -0.1) is 13.2 Å². The van der Waals surface area contributed by atoms with Crippen LogP contribution in [0.1, 0.15) is 5.56 Å². The van der Waals surface area contributed by atoms with Crippen LogP contribution >= 0.6 is 15.9 Å². The molecule has 1 aromatic carbocycles. The first kappa shape index (κ1) is 14.1. The Morgan fingerprint density at radius 3 is 1.88 bits per heavy atom. The van der Waals surface area contributed by atoms with Gasteiger partial charge in [0.15, 0.2) is 0 Å². The smallest absolute Gasteiger partial charge is 0.406 e. The van der Waals surface area contributed by atoms with Crippen molar-refractivity contribution in [1.82, 2.24) is 0 Å². The van der Waals surface area contributed by atoms with E-state index in [-0.39, 0.29) is 6.07 Å². The van der Waals surface area contributed by atoms with Crippen LogP contribution in [0.4, 0.5) is 30.7 Å². The number of halogens is 8. The predicted octanol–water partition coefficient (Wildman–Crippen LogP) is 4.51. The summed E-state index contributed by atoms with van der Waals surface area (Å²) in [6.45, 7) is 0. The highest BCUT2D eigenvalue weighted by Gasteiger charge is 2.38. The minimum absolute atomic E-state index is 0.0150. The standard InChI is InChI=1S/C8H2BrF7O/c9-4-1-3(17-8(14,15)16)2-5(10)6(4)7(11,12)13/h1-2H. The highest BCUT2D eigenvalue weighted by molar-refractivity contribution is 9.10. The van der Waals surface area contributed by atoms with Crippen molar-refractivity contribution in [3.8, 4) is 5.75 Å². The summed E-state index contributed by atoms with van der Waals surface area (Å²) in [7, 11) is 0. The lowest BCUT2D eigenvalue weighted by Crippen LogP contribution is -2.18. The SMILES string of the molecule is Fc1cc(OC(F)(F)F)cc(Br)c1C(F)(F)F. The molecule has 0 unspecified atom stereocenters. The Morgan fingerprint density at radius 2 is 1.53 bits per heavy atom. The fourth-order valence-corrected chi connectivity index (χ4v) is 1.65. The van der Waals surface area contributed by atoms with E-state index in [1.54, 1.807) is 0 Å². The molecule has 0 aliphatic rings. The number of hydrogen-bond acceptors (Lipinski definition) is 1. The summed E-state index contributed by atoms with van der Waals surface area (Å²) in [5.41, 5.74) is -1.69. The van der Waals surface area contributed by atoms with Crippen molar-refractivity contribution in [3.63, 3.8) is 0 Å². The average Bonchev–Trinajstić information content (AvgIpc) is 1.94. The molecule has 1 aromatic rings. The fourth-order valence-electron chi connectivity index (χ4n) is 1.01. The van der Waals surface area contributed by atoms with Crippen molar-refractivity contribution >= 4 is 15.9 Å². The zero-order chi connectivity index (χ0) is 13.4. The summed E-state index contributed by atoms with van der Waals surface area (Å²) < 4.78 is 87.4. The molecule has 0 saturated carbocycles. The Labute approximate surface area is 98.3 Å². The lowest BCUT2D eigenvalue weighted by Gasteiger charge is -2.13. The largest absolute Gasteiger partial charge is 0.573 e. The number of hydrogen-bond donors (Lipinski definition) is 0. The first-order chi connectivity index (χ1) is 7.50. The lowest BCUT2D eigenvalue weighted by atomic mass is 10.2. The van der Waals surface area contributed by atoms with Crippen molar-refractivity contribution in [2.75, 3.05) is 0 Å². The maximum Gasteiger partial charge on any atom is 0.573 e. The van der Waals surface area contributed by atoms with Gasteiger partial charge in [-0.1, -0.05) is 0 Å². The molecule has 9 heteroatoms. The molecule has 17 heavy (non-hydrogen) atoms. The highest BCUT2D eigenvalue weighted by Crippen LogP contribution is 2.39. The monoisotopic (exact) mass is 326 g/mol. The second kappa shape index (κ2) is 4.35. The first-order valence-corrected chi connectivity index (χ1v) is 4.62. The van der Waals surface area contributed by atoms with Crippen LogP contribution in [0, 0.1) is 5.82 Å². The molecule has 0 aliphatic carbocycles. The minimum Gasteiger partial charge on any atom is -0.406 e. The van der Waals surface area contributed by atoms with E-state index in [4.69, 9.17) is 0 Å². The molecule has 0 bridgehead atoms. The first-order valence-electron chi connectivity index (χ1n) is 3.82. The second-order valence-electron chi connectivity index (χ2n) is 2.81. The highest BCUT2D eigenvalue weighted by atomic mass is 79.9. The van der Waals surface area contributed by atoms with Crippen LogP contribution < -0.4 is 4.74 Å². The molecule has 0 amide bonds. The van der Waals surface area contributed by atoms with Crippen molar-refractivity contribution in [3.05, 3.63) is 28.0 Å². The van der Waals surface area contributed by atoms with Crippen LogP contribution in [-0.4, -0.2) is 6.36 Å². The van der Waals surface area contributed by atoms with Gasteiger partial charge in [0, 0.05) is 10.5 Å². The van der Waals surface area contributed by atoms with Crippen molar-refractivity contribution < 1.29 is 35.5 Å². The molecular formula is C8H2BrF7O. The Morgan fingerprint density at radius 1 is 1.00 bits per heavy atom. The van der Waals surface area contributed by atoms with E-state index in [0.29, 0.717) is 6.07 Å². The van der Waals surface area contributed by atoms with Crippen molar-refractivity contribution in [1.29, 1.82) is 0 Å². The second-order valence-corrected chi connectivity index (χ2v) is 3.66. The topological polar surface area (TPSA) is 9.23 Å². The Bertz CT molecular complexity index is 400.